The first-order valence-electron chi connectivity index (χ1n) is 9.69. The van der Waals surface area contributed by atoms with Gasteiger partial charge in [-0.3, -0.25) is 4.79 Å². The predicted octanol–water partition coefficient (Wildman–Crippen LogP) is 2.48. The summed E-state index contributed by atoms with van der Waals surface area (Å²) in [5.41, 5.74) is 0. The smallest absolute Gasteiger partial charge is 0.223 e. The van der Waals surface area contributed by atoms with Crippen molar-refractivity contribution in [2.45, 2.75) is 63.5 Å². The number of carbonyl (C=O) groups is 1. The third kappa shape index (κ3) is 3.23. The quantitative estimate of drug-likeness (QED) is 0.852. The van der Waals surface area contributed by atoms with Crippen LogP contribution in [0.5, 0.6) is 0 Å². The fourth-order valence-electron chi connectivity index (χ4n) is 4.88. The van der Waals surface area contributed by atoms with E-state index in [9.17, 15) is 4.79 Å². The summed E-state index contributed by atoms with van der Waals surface area (Å²) in [7, 11) is 2.20. The Bertz CT molecular complexity index is 570. The first-order chi connectivity index (χ1) is 11.7. The van der Waals surface area contributed by atoms with Crippen LogP contribution in [-0.2, 0) is 11.3 Å². The highest BCUT2D eigenvalue weighted by molar-refractivity contribution is 5.79. The maximum Gasteiger partial charge on any atom is 0.223 e. The number of amides is 1. The third-order valence-electron chi connectivity index (χ3n) is 6.29. The highest BCUT2D eigenvalue weighted by atomic mass is 16.2. The Hall–Kier alpha value is -1.36. The first kappa shape index (κ1) is 16.1. The summed E-state index contributed by atoms with van der Waals surface area (Å²) in [5, 5.41) is 0. The lowest BCUT2D eigenvalue weighted by atomic mass is 9.96. The van der Waals surface area contributed by atoms with Gasteiger partial charge in [-0.15, -0.1) is 0 Å². The zero-order valence-corrected chi connectivity index (χ0v) is 14.9. The minimum absolute atomic E-state index is 0.382. The molecule has 2 saturated heterocycles. The van der Waals surface area contributed by atoms with Gasteiger partial charge in [-0.05, 0) is 45.8 Å². The number of hydrogen-bond acceptors (Lipinski definition) is 3. The largest absolute Gasteiger partial charge is 0.339 e. The van der Waals surface area contributed by atoms with Crippen molar-refractivity contribution in [3.8, 4) is 0 Å². The Kier molecular flexibility index (Phi) is 4.61. The first-order valence-corrected chi connectivity index (χ1v) is 9.69. The zero-order valence-electron chi connectivity index (χ0n) is 14.9. The van der Waals surface area contributed by atoms with Gasteiger partial charge in [-0.2, -0.15) is 0 Å². The average molecular weight is 330 g/mol. The van der Waals surface area contributed by atoms with Crippen molar-refractivity contribution in [3.63, 3.8) is 0 Å². The van der Waals surface area contributed by atoms with Crippen molar-refractivity contribution in [3.05, 3.63) is 18.2 Å². The van der Waals surface area contributed by atoms with E-state index in [4.69, 9.17) is 0 Å². The number of piperidine rings is 1. The maximum atomic E-state index is 12.4. The van der Waals surface area contributed by atoms with Gasteiger partial charge in [0.15, 0.2) is 0 Å². The van der Waals surface area contributed by atoms with Gasteiger partial charge >= 0.3 is 0 Å². The molecule has 1 saturated carbocycles. The molecule has 2 aliphatic heterocycles. The molecule has 1 atom stereocenters. The van der Waals surface area contributed by atoms with Crippen molar-refractivity contribution in [1.29, 1.82) is 0 Å². The van der Waals surface area contributed by atoms with E-state index in [1.54, 1.807) is 0 Å². The van der Waals surface area contributed by atoms with Gasteiger partial charge in [0.1, 0.15) is 5.82 Å². The summed E-state index contributed by atoms with van der Waals surface area (Å²) in [4.78, 5) is 21.7. The Morgan fingerprint density at radius 2 is 1.92 bits per heavy atom. The van der Waals surface area contributed by atoms with Gasteiger partial charge in [0.25, 0.3) is 0 Å². The number of carbonyl (C=O) groups excluding carboxylic acids is 1. The molecule has 3 heterocycles. The van der Waals surface area contributed by atoms with Gasteiger partial charge in [-0.25, -0.2) is 4.98 Å². The molecule has 1 aromatic rings. The molecule has 0 aromatic carbocycles. The van der Waals surface area contributed by atoms with E-state index in [-0.39, 0.29) is 0 Å². The molecule has 0 spiro atoms. The number of nitrogens with zero attached hydrogens (tertiary/aromatic N) is 4. The standard InChI is InChI=1S/C19H30N4O/c1-21-9-6-16(7-10-21)19-20-8-11-22(19)13-15-12-18(24)23(14-15)17-4-2-3-5-17/h8,11,15-17H,2-7,9-10,12-14H2,1H3. The summed E-state index contributed by atoms with van der Waals surface area (Å²) in [6, 6.07) is 0.527. The van der Waals surface area contributed by atoms with Crippen molar-refractivity contribution >= 4 is 5.91 Å². The molecule has 5 heteroatoms. The molecule has 1 aliphatic carbocycles. The second-order valence-electron chi connectivity index (χ2n) is 8.07. The Morgan fingerprint density at radius 1 is 1.17 bits per heavy atom. The molecule has 1 amide bonds. The lowest BCUT2D eigenvalue weighted by Crippen LogP contribution is -2.34. The molecule has 5 nitrogen and oxygen atoms in total. The average Bonchev–Trinajstić information content (AvgIpc) is 3.30. The van der Waals surface area contributed by atoms with E-state index in [1.807, 2.05) is 6.20 Å². The Balaban J connectivity index is 1.39. The number of likely N-dealkylation sites (tertiary alicyclic amines) is 2. The second kappa shape index (κ2) is 6.87. The van der Waals surface area contributed by atoms with E-state index in [2.05, 4.69) is 32.6 Å². The predicted molar refractivity (Wildman–Crippen MR) is 93.8 cm³/mol. The Morgan fingerprint density at radius 3 is 2.67 bits per heavy atom. The van der Waals surface area contributed by atoms with Crippen molar-refractivity contribution in [2.75, 3.05) is 26.7 Å². The fourth-order valence-corrected chi connectivity index (χ4v) is 4.88. The van der Waals surface area contributed by atoms with Crippen molar-refractivity contribution in [1.82, 2.24) is 19.4 Å². The number of imidazole rings is 1. The zero-order chi connectivity index (χ0) is 16.5. The normalized spacial score (nSPS) is 27.5. The van der Waals surface area contributed by atoms with E-state index in [0.717, 1.165) is 32.6 Å². The van der Waals surface area contributed by atoms with Crippen LogP contribution in [0.3, 0.4) is 0 Å². The van der Waals surface area contributed by atoms with Crippen LogP contribution in [0.4, 0.5) is 0 Å². The van der Waals surface area contributed by atoms with Gasteiger partial charge in [0, 0.05) is 49.8 Å². The summed E-state index contributed by atoms with van der Waals surface area (Å²) in [6.45, 7) is 4.23. The maximum absolute atomic E-state index is 12.4. The van der Waals surface area contributed by atoms with Gasteiger partial charge in [0.05, 0.1) is 0 Å². The molecule has 24 heavy (non-hydrogen) atoms. The molecule has 1 unspecified atom stereocenters. The van der Waals surface area contributed by atoms with Crippen LogP contribution in [0.1, 0.15) is 56.7 Å². The SMILES string of the molecule is CN1CCC(c2nccn2CC2CC(=O)N(C3CCCC3)C2)CC1. The lowest BCUT2D eigenvalue weighted by molar-refractivity contribution is -0.129. The van der Waals surface area contributed by atoms with Crippen molar-refractivity contribution in [2.24, 2.45) is 5.92 Å². The van der Waals surface area contributed by atoms with Crippen LogP contribution in [0.15, 0.2) is 12.4 Å². The molecule has 0 bridgehead atoms. The van der Waals surface area contributed by atoms with E-state index >= 15 is 0 Å². The summed E-state index contributed by atoms with van der Waals surface area (Å²) in [6.07, 6.45) is 12.2. The van der Waals surface area contributed by atoms with Gasteiger partial charge in [-0.1, -0.05) is 12.8 Å². The molecule has 4 rings (SSSR count). The lowest BCUT2D eigenvalue weighted by Gasteiger charge is -2.29. The molecule has 0 radical (unpaired) electrons. The molecule has 132 valence electrons. The monoisotopic (exact) mass is 330 g/mol. The number of aromatic nitrogens is 2. The van der Waals surface area contributed by atoms with Crippen LogP contribution in [0, 0.1) is 5.92 Å². The van der Waals surface area contributed by atoms with Crippen LogP contribution in [0.25, 0.3) is 0 Å². The van der Waals surface area contributed by atoms with Crippen LogP contribution in [-0.4, -0.2) is 58.0 Å². The molecular formula is C19H30N4O. The summed E-state index contributed by atoms with van der Waals surface area (Å²) >= 11 is 0. The van der Waals surface area contributed by atoms with Crippen molar-refractivity contribution < 1.29 is 4.79 Å². The fraction of sp³-hybridized carbons (Fsp3) is 0.789. The van der Waals surface area contributed by atoms with E-state index in [0.29, 0.717) is 23.8 Å². The number of rotatable bonds is 4. The Labute approximate surface area is 145 Å². The molecule has 3 aliphatic rings. The third-order valence-corrected chi connectivity index (χ3v) is 6.29. The minimum Gasteiger partial charge on any atom is -0.339 e. The van der Waals surface area contributed by atoms with Crippen LogP contribution in [0.2, 0.25) is 0 Å². The van der Waals surface area contributed by atoms with Crippen LogP contribution < -0.4 is 0 Å². The van der Waals surface area contributed by atoms with Gasteiger partial charge in [0.2, 0.25) is 5.91 Å². The minimum atomic E-state index is 0.382. The highest BCUT2D eigenvalue weighted by Crippen LogP contribution is 2.31. The van der Waals surface area contributed by atoms with E-state index in [1.165, 1.54) is 44.3 Å². The molecular weight excluding hydrogens is 300 g/mol. The summed E-state index contributed by atoms with van der Waals surface area (Å²) in [5.74, 6) is 2.67. The molecule has 0 N–H and O–H groups in total. The topological polar surface area (TPSA) is 41.4 Å². The molecule has 1 aromatic heterocycles. The van der Waals surface area contributed by atoms with Gasteiger partial charge < -0.3 is 14.4 Å². The number of hydrogen-bond donors (Lipinski definition) is 0. The highest BCUT2D eigenvalue weighted by Gasteiger charge is 2.36. The van der Waals surface area contributed by atoms with E-state index < -0.39 is 0 Å². The molecule has 3 fully saturated rings. The van der Waals surface area contributed by atoms with Crippen LogP contribution >= 0.6 is 0 Å². The second-order valence-corrected chi connectivity index (χ2v) is 8.07. The summed E-state index contributed by atoms with van der Waals surface area (Å²) < 4.78 is 2.34.